The third kappa shape index (κ3) is 5.15. The normalized spacial score (nSPS) is 19.3. The van der Waals surface area contributed by atoms with Crippen molar-refractivity contribution in [3.63, 3.8) is 0 Å². The van der Waals surface area contributed by atoms with Crippen LogP contribution < -0.4 is 32.6 Å². The molecule has 12 heteroatoms. The smallest absolute Gasteiger partial charge is 0.322 e. The van der Waals surface area contributed by atoms with Gasteiger partial charge in [0.1, 0.15) is 6.17 Å². The molecule has 3 aromatic rings. The molecule has 3 aliphatic heterocycles. The Bertz CT molecular complexity index is 1360. The van der Waals surface area contributed by atoms with Gasteiger partial charge in [0.25, 0.3) is 0 Å². The lowest BCUT2D eigenvalue weighted by Gasteiger charge is -2.41. The molecule has 0 bridgehead atoms. The van der Waals surface area contributed by atoms with Crippen molar-refractivity contribution in [2.75, 3.05) is 18.4 Å². The number of piperidine rings is 1. The second-order valence-corrected chi connectivity index (χ2v) is 10.6. The van der Waals surface area contributed by atoms with Crippen LogP contribution in [0.15, 0.2) is 36.4 Å². The molecule has 0 radical (unpaired) electrons. The maximum atomic E-state index is 13.4. The molecule has 6 rings (SSSR count). The predicted molar refractivity (Wildman–Crippen MR) is 148 cm³/mol. The highest BCUT2D eigenvalue weighted by molar-refractivity contribution is 5.92. The molecule has 1 unspecified atom stereocenters. The van der Waals surface area contributed by atoms with Crippen molar-refractivity contribution in [3.05, 3.63) is 58.8 Å². The average Bonchev–Trinajstić information content (AvgIpc) is 3.63. The number of para-hydroxylation sites is 1. The van der Waals surface area contributed by atoms with Crippen LogP contribution in [0.3, 0.4) is 0 Å². The molecule has 2 saturated heterocycles. The van der Waals surface area contributed by atoms with Gasteiger partial charge in [0.05, 0.1) is 11.6 Å². The van der Waals surface area contributed by atoms with Crippen molar-refractivity contribution >= 4 is 28.7 Å². The van der Waals surface area contributed by atoms with Crippen LogP contribution in [0.5, 0.6) is 0 Å². The SMILES string of the molecule is CCc1cc(CC(NC(=O)N2CCC(N3Cc4ccccc4NC3=O)CC2)C2NNNN2)cc2c(C)[nH]nc12. The standard InChI is InChI=1S/C27H36N10O2/c1-3-18-12-17(13-21-16(2)30-31-24(18)21)14-23(25-32-34-35-33-25)29-26(38)36-10-8-20(9-11-36)37-15-19-6-4-5-7-22(19)28-27(37)39/h4-7,12-13,20,23,25,32-35H,3,8-11,14-15H2,1-2H3,(H,28,39)(H,29,38)(H,30,31). The van der Waals surface area contributed by atoms with Crippen molar-refractivity contribution in [2.24, 2.45) is 0 Å². The molecular weight excluding hydrogens is 496 g/mol. The van der Waals surface area contributed by atoms with Gasteiger partial charge in [-0.3, -0.25) is 5.10 Å². The highest BCUT2D eigenvalue weighted by atomic mass is 16.2. The molecule has 0 saturated carbocycles. The van der Waals surface area contributed by atoms with E-state index >= 15 is 0 Å². The number of rotatable bonds is 6. The first-order valence-corrected chi connectivity index (χ1v) is 13.7. The van der Waals surface area contributed by atoms with E-state index in [9.17, 15) is 9.59 Å². The van der Waals surface area contributed by atoms with Crippen LogP contribution in [0.4, 0.5) is 15.3 Å². The quantitative estimate of drug-likeness (QED) is 0.258. The summed E-state index contributed by atoms with van der Waals surface area (Å²) in [7, 11) is 0. The van der Waals surface area contributed by atoms with Gasteiger partial charge < -0.3 is 20.4 Å². The number of amides is 4. The third-order valence-corrected chi connectivity index (χ3v) is 8.11. The number of nitrogens with zero attached hydrogens (tertiary/aromatic N) is 3. The topological polar surface area (TPSA) is 141 Å². The molecular formula is C27H36N10O2. The zero-order valence-electron chi connectivity index (χ0n) is 22.3. The number of hydrogen-bond acceptors (Lipinski definition) is 7. The van der Waals surface area contributed by atoms with Crippen molar-refractivity contribution in [1.29, 1.82) is 0 Å². The fourth-order valence-corrected chi connectivity index (χ4v) is 5.88. The van der Waals surface area contributed by atoms with E-state index in [1.54, 1.807) is 0 Å². The van der Waals surface area contributed by atoms with Crippen LogP contribution in [0.1, 0.15) is 42.1 Å². The van der Waals surface area contributed by atoms with E-state index in [2.05, 4.69) is 61.8 Å². The van der Waals surface area contributed by atoms with E-state index in [0.717, 1.165) is 52.7 Å². The van der Waals surface area contributed by atoms with E-state index in [4.69, 9.17) is 0 Å². The molecule has 39 heavy (non-hydrogen) atoms. The van der Waals surface area contributed by atoms with Gasteiger partial charge in [-0.1, -0.05) is 31.2 Å². The molecule has 1 aromatic heterocycles. The van der Waals surface area contributed by atoms with Gasteiger partial charge in [-0.15, -0.1) is 0 Å². The summed E-state index contributed by atoms with van der Waals surface area (Å²) in [6, 6.07) is 12.0. The summed E-state index contributed by atoms with van der Waals surface area (Å²) < 4.78 is 0. The van der Waals surface area contributed by atoms with Gasteiger partial charge in [-0.25, -0.2) is 20.4 Å². The van der Waals surface area contributed by atoms with Crippen molar-refractivity contribution < 1.29 is 9.59 Å². The Morgan fingerprint density at radius 1 is 1.15 bits per heavy atom. The number of anilines is 1. The minimum Gasteiger partial charge on any atom is -0.332 e. The summed E-state index contributed by atoms with van der Waals surface area (Å²) in [4.78, 5) is 29.9. The number of fused-ring (bicyclic) bond motifs is 2. The molecule has 3 aliphatic rings. The number of hydrogen-bond donors (Lipinski definition) is 7. The Morgan fingerprint density at radius 3 is 2.69 bits per heavy atom. The lowest BCUT2D eigenvalue weighted by molar-refractivity contribution is 0.126. The summed E-state index contributed by atoms with van der Waals surface area (Å²) >= 11 is 0. The summed E-state index contributed by atoms with van der Waals surface area (Å²) in [5.74, 6) is 0. The number of aryl methyl sites for hydroxylation is 2. The van der Waals surface area contributed by atoms with Crippen molar-refractivity contribution in [1.82, 2.24) is 47.2 Å². The first kappa shape index (κ1) is 25.6. The number of carbonyl (C=O) groups excluding carboxylic acids is 2. The number of benzene rings is 2. The number of hydrazine groups is 3. The summed E-state index contributed by atoms with van der Waals surface area (Å²) in [6.45, 7) is 5.95. The Hall–Kier alpha value is -3.71. The number of nitrogens with one attached hydrogen (secondary N) is 7. The van der Waals surface area contributed by atoms with E-state index in [-0.39, 0.29) is 30.3 Å². The van der Waals surface area contributed by atoms with E-state index in [1.165, 1.54) is 5.56 Å². The van der Waals surface area contributed by atoms with Crippen LogP contribution in [0, 0.1) is 6.92 Å². The lowest BCUT2D eigenvalue weighted by Crippen LogP contribution is -2.58. The number of likely N-dealkylation sites (tertiary alicyclic amines) is 1. The second-order valence-electron chi connectivity index (χ2n) is 10.6. The molecule has 12 nitrogen and oxygen atoms in total. The molecule has 4 amide bonds. The van der Waals surface area contributed by atoms with Crippen LogP contribution >= 0.6 is 0 Å². The van der Waals surface area contributed by atoms with E-state index in [0.29, 0.717) is 26.1 Å². The lowest BCUT2D eigenvalue weighted by atomic mass is 9.97. The van der Waals surface area contributed by atoms with Gasteiger partial charge in [0, 0.05) is 42.4 Å². The van der Waals surface area contributed by atoms with Gasteiger partial charge in [0.15, 0.2) is 0 Å². The Kier molecular flexibility index (Phi) is 7.09. The van der Waals surface area contributed by atoms with Crippen molar-refractivity contribution in [3.8, 4) is 0 Å². The van der Waals surface area contributed by atoms with Gasteiger partial charge in [-0.2, -0.15) is 16.2 Å². The fraction of sp³-hybridized carbons (Fsp3) is 0.444. The predicted octanol–water partition coefficient (Wildman–Crippen LogP) is 2.01. The molecule has 0 aliphatic carbocycles. The highest BCUT2D eigenvalue weighted by Gasteiger charge is 2.34. The average molecular weight is 533 g/mol. The molecule has 206 valence electrons. The minimum absolute atomic E-state index is 0.0636. The number of urea groups is 2. The zero-order valence-corrected chi connectivity index (χ0v) is 22.3. The molecule has 2 fully saturated rings. The van der Waals surface area contributed by atoms with Crippen LogP contribution in [-0.2, 0) is 19.4 Å². The summed E-state index contributed by atoms with van der Waals surface area (Å²) in [6.07, 6.45) is 2.79. The van der Waals surface area contributed by atoms with Gasteiger partial charge >= 0.3 is 12.1 Å². The molecule has 0 spiro atoms. The molecule has 7 N–H and O–H groups in total. The Labute approximate surface area is 227 Å². The van der Waals surface area contributed by atoms with E-state index < -0.39 is 0 Å². The van der Waals surface area contributed by atoms with Crippen LogP contribution in [-0.4, -0.2) is 63.4 Å². The molecule has 2 aromatic carbocycles. The first-order chi connectivity index (χ1) is 19.0. The summed E-state index contributed by atoms with van der Waals surface area (Å²) in [5.41, 5.74) is 18.4. The van der Waals surface area contributed by atoms with Crippen LogP contribution in [0.2, 0.25) is 0 Å². The number of H-pyrrole nitrogens is 1. The monoisotopic (exact) mass is 532 g/mol. The maximum absolute atomic E-state index is 13.4. The number of aromatic amines is 1. The molecule has 1 atom stereocenters. The fourth-order valence-electron chi connectivity index (χ4n) is 5.88. The second kappa shape index (κ2) is 10.8. The first-order valence-electron chi connectivity index (χ1n) is 13.7. The van der Waals surface area contributed by atoms with Gasteiger partial charge in [-0.05, 0) is 61.4 Å². The number of carbonyl (C=O) groups is 2. The zero-order chi connectivity index (χ0) is 26.9. The van der Waals surface area contributed by atoms with E-state index in [1.807, 2.05) is 41.0 Å². The van der Waals surface area contributed by atoms with Crippen LogP contribution in [0.25, 0.3) is 10.9 Å². The minimum atomic E-state index is -0.225. The number of aromatic nitrogens is 2. The van der Waals surface area contributed by atoms with Gasteiger partial charge in [0.2, 0.25) is 0 Å². The Morgan fingerprint density at radius 2 is 1.92 bits per heavy atom. The largest absolute Gasteiger partial charge is 0.332 e. The molecule has 4 heterocycles. The Balaban J connectivity index is 1.11. The van der Waals surface area contributed by atoms with Crippen molar-refractivity contribution in [2.45, 2.75) is 64.3 Å². The highest BCUT2D eigenvalue weighted by Crippen LogP contribution is 2.28. The maximum Gasteiger partial charge on any atom is 0.322 e. The summed E-state index contributed by atoms with van der Waals surface area (Å²) in [5, 5.41) is 14.9. The third-order valence-electron chi connectivity index (χ3n) is 8.11.